The van der Waals surface area contributed by atoms with Crippen LogP contribution in [-0.4, -0.2) is 20.6 Å². The second-order valence-corrected chi connectivity index (χ2v) is 14.7. The Morgan fingerprint density at radius 1 is 0.679 bits per heavy atom. The van der Waals surface area contributed by atoms with Crippen LogP contribution in [0.2, 0.25) is 18.1 Å². The standard InChI is InChI=1S/C23H47F3OSi/c1-7-8-9-10-11-12-13-14-15-16-17-18-19-20-21(23(24,25)26)27-28(5,6)22(2,3)4/h21H,7-20H2,1-6H3. The summed E-state index contributed by atoms with van der Waals surface area (Å²) in [6.07, 6.45) is 9.81. The second-order valence-electron chi connectivity index (χ2n) is 9.94. The first-order chi connectivity index (χ1) is 12.9. The minimum Gasteiger partial charge on any atom is -0.405 e. The molecule has 0 bridgehead atoms. The van der Waals surface area contributed by atoms with E-state index in [1.807, 2.05) is 33.9 Å². The van der Waals surface area contributed by atoms with Crippen molar-refractivity contribution < 1.29 is 17.6 Å². The molecule has 0 aliphatic carbocycles. The first kappa shape index (κ1) is 28.0. The van der Waals surface area contributed by atoms with E-state index in [2.05, 4.69) is 6.92 Å². The van der Waals surface area contributed by atoms with E-state index in [9.17, 15) is 13.2 Å². The average molecular weight is 425 g/mol. The molecule has 0 amide bonds. The molecular formula is C23H47F3OSi. The molecule has 1 unspecified atom stereocenters. The van der Waals surface area contributed by atoms with Crippen LogP contribution in [0.3, 0.4) is 0 Å². The molecule has 0 heterocycles. The van der Waals surface area contributed by atoms with E-state index in [-0.39, 0.29) is 11.5 Å². The summed E-state index contributed by atoms with van der Waals surface area (Å²) in [5, 5.41) is -0.202. The van der Waals surface area contributed by atoms with Crippen LogP contribution in [0, 0.1) is 0 Å². The van der Waals surface area contributed by atoms with Crippen molar-refractivity contribution >= 4 is 8.32 Å². The minimum atomic E-state index is -4.26. The molecule has 170 valence electrons. The lowest BCUT2D eigenvalue weighted by molar-refractivity contribution is -0.200. The molecule has 0 N–H and O–H groups in total. The van der Waals surface area contributed by atoms with Gasteiger partial charge < -0.3 is 4.43 Å². The summed E-state index contributed by atoms with van der Waals surface area (Å²) < 4.78 is 45.8. The molecule has 0 spiro atoms. The van der Waals surface area contributed by atoms with Gasteiger partial charge >= 0.3 is 6.18 Å². The van der Waals surface area contributed by atoms with Gasteiger partial charge in [-0.05, 0) is 24.6 Å². The monoisotopic (exact) mass is 424 g/mol. The lowest BCUT2D eigenvalue weighted by Crippen LogP contribution is -2.48. The van der Waals surface area contributed by atoms with Gasteiger partial charge in [0, 0.05) is 0 Å². The molecule has 0 fully saturated rings. The first-order valence-electron chi connectivity index (χ1n) is 11.7. The molecule has 0 saturated carbocycles. The highest BCUT2D eigenvalue weighted by Crippen LogP contribution is 2.40. The molecule has 0 aliphatic heterocycles. The van der Waals surface area contributed by atoms with E-state index in [0.29, 0.717) is 6.42 Å². The Hall–Kier alpha value is -0.0331. The SMILES string of the molecule is CCCCCCCCCCCCCCCC(O[Si](C)(C)C(C)(C)C)C(F)(F)F. The zero-order chi connectivity index (χ0) is 21.7. The van der Waals surface area contributed by atoms with Crippen LogP contribution in [0.15, 0.2) is 0 Å². The Kier molecular flexibility index (Phi) is 14.0. The van der Waals surface area contributed by atoms with Gasteiger partial charge in [0.05, 0.1) is 0 Å². The Labute approximate surface area is 174 Å². The zero-order valence-electron chi connectivity index (χ0n) is 19.5. The van der Waals surface area contributed by atoms with Gasteiger partial charge in [-0.1, -0.05) is 111 Å². The second kappa shape index (κ2) is 14.1. The summed E-state index contributed by atoms with van der Waals surface area (Å²) in [5.41, 5.74) is 0. The van der Waals surface area contributed by atoms with Gasteiger partial charge in [-0.3, -0.25) is 0 Å². The molecule has 0 aromatic carbocycles. The largest absolute Gasteiger partial charge is 0.413 e. The van der Waals surface area contributed by atoms with E-state index in [1.54, 1.807) is 0 Å². The number of hydrogen-bond acceptors (Lipinski definition) is 1. The van der Waals surface area contributed by atoms with Crippen LogP contribution < -0.4 is 0 Å². The van der Waals surface area contributed by atoms with Gasteiger partial charge in [-0.25, -0.2) is 0 Å². The van der Waals surface area contributed by atoms with E-state index >= 15 is 0 Å². The smallest absolute Gasteiger partial charge is 0.405 e. The maximum absolute atomic E-state index is 13.4. The van der Waals surface area contributed by atoms with Gasteiger partial charge in [0.15, 0.2) is 8.32 Å². The molecule has 28 heavy (non-hydrogen) atoms. The fraction of sp³-hybridized carbons (Fsp3) is 1.00. The summed E-state index contributed by atoms with van der Waals surface area (Å²) in [4.78, 5) is 0. The fourth-order valence-corrected chi connectivity index (χ4v) is 4.49. The molecule has 1 atom stereocenters. The third kappa shape index (κ3) is 13.2. The lowest BCUT2D eigenvalue weighted by atomic mass is 10.0. The predicted molar refractivity (Wildman–Crippen MR) is 118 cm³/mol. The number of alkyl halides is 3. The molecule has 0 radical (unpaired) electrons. The molecule has 0 aromatic heterocycles. The van der Waals surface area contributed by atoms with Crippen LogP contribution in [0.4, 0.5) is 13.2 Å². The molecule has 0 saturated heterocycles. The van der Waals surface area contributed by atoms with Gasteiger partial charge in [-0.2, -0.15) is 13.2 Å². The van der Waals surface area contributed by atoms with E-state index in [1.165, 1.54) is 57.8 Å². The zero-order valence-corrected chi connectivity index (χ0v) is 20.5. The molecule has 0 rings (SSSR count). The molecule has 0 aromatic rings. The fourth-order valence-electron chi connectivity index (χ4n) is 3.17. The van der Waals surface area contributed by atoms with Gasteiger partial charge in [-0.15, -0.1) is 0 Å². The van der Waals surface area contributed by atoms with E-state index < -0.39 is 20.6 Å². The van der Waals surface area contributed by atoms with Crippen molar-refractivity contribution in [2.45, 2.75) is 148 Å². The number of unbranched alkanes of at least 4 members (excludes halogenated alkanes) is 12. The van der Waals surface area contributed by atoms with Crippen LogP contribution >= 0.6 is 0 Å². The van der Waals surface area contributed by atoms with Crippen LogP contribution in [0.1, 0.15) is 118 Å². The lowest BCUT2D eigenvalue weighted by Gasteiger charge is -2.39. The summed E-state index contributed by atoms with van der Waals surface area (Å²) in [6.45, 7) is 12.0. The Bertz CT molecular complexity index is 375. The van der Waals surface area contributed by atoms with E-state index in [4.69, 9.17) is 4.43 Å². The average Bonchev–Trinajstić information content (AvgIpc) is 2.56. The third-order valence-electron chi connectivity index (χ3n) is 6.18. The van der Waals surface area contributed by atoms with Crippen LogP contribution in [0.5, 0.6) is 0 Å². The predicted octanol–water partition coefficient (Wildman–Crippen LogP) is 9.42. The van der Waals surface area contributed by atoms with E-state index in [0.717, 1.165) is 19.3 Å². The third-order valence-corrected chi connectivity index (χ3v) is 10.7. The highest BCUT2D eigenvalue weighted by molar-refractivity contribution is 6.74. The molecule has 1 nitrogen and oxygen atoms in total. The van der Waals surface area contributed by atoms with Gasteiger partial charge in [0.2, 0.25) is 0 Å². The van der Waals surface area contributed by atoms with Gasteiger partial charge in [0.25, 0.3) is 0 Å². The maximum Gasteiger partial charge on any atom is 0.413 e. The highest BCUT2D eigenvalue weighted by Gasteiger charge is 2.47. The number of halogens is 3. The Morgan fingerprint density at radius 3 is 1.36 bits per heavy atom. The summed E-state index contributed by atoms with van der Waals surface area (Å²) in [6, 6.07) is 0. The normalized spacial score (nSPS) is 14.5. The van der Waals surface area contributed by atoms with Crippen molar-refractivity contribution in [2.75, 3.05) is 0 Å². The summed E-state index contributed by atoms with van der Waals surface area (Å²) in [5.74, 6) is 0. The van der Waals surface area contributed by atoms with Crippen molar-refractivity contribution in [1.29, 1.82) is 0 Å². The quantitative estimate of drug-likeness (QED) is 0.177. The summed E-state index contributed by atoms with van der Waals surface area (Å²) >= 11 is 0. The van der Waals surface area contributed by atoms with Crippen molar-refractivity contribution in [1.82, 2.24) is 0 Å². The Morgan fingerprint density at radius 2 is 1.04 bits per heavy atom. The first-order valence-corrected chi connectivity index (χ1v) is 14.6. The van der Waals surface area contributed by atoms with Crippen LogP contribution in [0.25, 0.3) is 0 Å². The number of rotatable bonds is 16. The van der Waals surface area contributed by atoms with Crippen LogP contribution in [-0.2, 0) is 4.43 Å². The maximum atomic E-state index is 13.4. The van der Waals surface area contributed by atoms with Crippen molar-refractivity contribution in [3.63, 3.8) is 0 Å². The summed E-state index contributed by atoms with van der Waals surface area (Å²) in [7, 11) is -2.40. The van der Waals surface area contributed by atoms with Crippen molar-refractivity contribution in [2.24, 2.45) is 0 Å². The van der Waals surface area contributed by atoms with Gasteiger partial charge in [0.1, 0.15) is 6.10 Å². The highest BCUT2D eigenvalue weighted by atomic mass is 28.4. The molecule has 5 heteroatoms. The molecular weight excluding hydrogens is 377 g/mol. The molecule has 0 aliphatic rings. The topological polar surface area (TPSA) is 9.23 Å². The Balaban J connectivity index is 3.88. The minimum absolute atomic E-state index is 0.105. The number of hydrogen-bond donors (Lipinski definition) is 0. The van der Waals surface area contributed by atoms with Crippen molar-refractivity contribution in [3.8, 4) is 0 Å². The van der Waals surface area contributed by atoms with Crippen molar-refractivity contribution in [3.05, 3.63) is 0 Å².